The highest BCUT2D eigenvalue weighted by molar-refractivity contribution is 6.04. The second-order valence-electron chi connectivity index (χ2n) is 10.3. The van der Waals surface area contributed by atoms with Crippen molar-refractivity contribution in [1.82, 2.24) is 4.98 Å². The minimum Gasteiger partial charge on any atom is -0.264 e. The van der Waals surface area contributed by atoms with E-state index in [0.29, 0.717) is 0 Å². The quantitative estimate of drug-likeness (QED) is 0.318. The van der Waals surface area contributed by atoms with Gasteiger partial charge in [-0.15, -0.1) is 4.99 Å². The maximum absolute atomic E-state index is 4.34. The highest BCUT2D eigenvalue weighted by Crippen LogP contribution is 2.35. The van der Waals surface area contributed by atoms with Crippen LogP contribution in [-0.4, -0.2) is 10.8 Å². The van der Waals surface area contributed by atoms with Gasteiger partial charge in [0.2, 0.25) is 0 Å². The highest BCUT2D eigenvalue weighted by atomic mass is 15.3. The maximum atomic E-state index is 4.34. The number of benzene rings is 5. The second kappa shape index (κ2) is 10.7. The van der Waals surface area contributed by atoms with Gasteiger partial charge in [0.25, 0.3) is 6.17 Å². The van der Waals surface area contributed by atoms with E-state index in [2.05, 4.69) is 148 Å². The third-order valence-electron chi connectivity index (χ3n) is 7.80. The summed E-state index contributed by atoms with van der Waals surface area (Å²) in [7, 11) is 0. The van der Waals surface area contributed by atoms with E-state index in [9.17, 15) is 0 Å². The molecule has 0 saturated carbocycles. The summed E-state index contributed by atoms with van der Waals surface area (Å²) in [4.78, 5) is 8.14. The van der Waals surface area contributed by atoms with Gasteiger partial charge in [-0.05, 0) is 69.9 Å². The lowest BCUT2D eigenvalue weighted by molar-refractivity contribution is -0.998. The Hall–Kier alpha value is -4.90. The highest BCUT2D eigenvalue weighted by Gasteiger charge is 2.37. The van der Waals surface area contributed by atoms with E-state index >= 15 is 0 Å². The number of nitrogens with zero attached hydrogens (tertiary/aromatic N) is 1. The standard InChI is InChI=1S/C36H28N4/c1-3-10-26(11-4-1)34-38-35(27-12-5-2-6-13-27)40-36(39-34)28-19-17-25(18-20-28)30-21-22-31(29-14-9-23-37-24-29)33-16-8-7-15-32(30)33/h1-24,34,36,39H,(H,38,40)/p+3. The summed E-state index contributed by atoms with van der Waals surface area (Å²) >= 11 is 0. The van der Waals surface area contributed by atoms with E-state index in [-0.39, 0.29) is 12.3 Å². The van der Waals surface area contributed by atoms with E-state index in [0.717, 1.165) is 5.56 Å². The van der Waals surface area contributed by atoms with Crippen LogP contribution in [0.15, 0.2) is 146 Å². The predicted octanol–water partition coefficient (Wildman–Crippen LogP) is 3.93. The number of fused-ring (bicyclic) bond motifs is 1. The molecule has 192 valence electrons. The second-order valence-corrected chi connectivity index (χ2v) is 10.3. The van der Waals surface area contributed by atoms with E-state index in [1.54, 1.807) is 0 Å². The monoisotopic (exact) mass is 519 g/mol. The molecular formula is C36H31N4+3. The summed E-state index contributed by atoms with van der Waals surface area (Å²) in [6.45, 7) is 0. The molecule has 0 spiro atoms. The van der Waals surface area contributed by atoms with Crippen LogP contribution >= 0.6 is 0 Å². The number of nitrogens with one attached hydrogen (secondary N) is 1. The number of rotatable bonds is 5. The molecule has 2 unspecified atom stereocenters. The molecule has 0 fully saturated rings. The lowest BCUT2D eigenvalue weighted by atomic mass is 9.92. The van der Waals surface area contributed by atoms with Crippen LogP contribution in [0, 0.1) is 0 Å². The van der Waals surface area contributed by atoms with E-state index < -0.39 is 0 Å². The van der Waals surface area contributed by atoms with Crippen LogP contribution in [0.5, 0.6) is 0 Å². The zero-order valence-electron chi connectivity index (χ0n) is 22.1. The molecule has 5 aromatic carbocycles. The minimum absolute atomic E-state index is 0.101. The molecule has 5 N–H and O–H groups in total. The van der Waals surface area contributed by atoms with Gasteiger partial charge in [-0.2, -0.15) is 0 Å². The van der Waals surface area contributed by atoms with Gasteiger partial charge < -0.3 is 0 Å². The number of hydrogen-bond donors (Lipinski definition) is 3. The lowest BCUT2D eigenvalue weighted by Gasteiger charge is -2.20. The van der Waals surface area contributed by atoms with Crippen molar-refractivity contribution >= 4 is 16.6 Å². The molecular weight excluding hydrogens is 488 g/mol. The van der Waals surface area contributed by atoms with E-state index in [1.807, 2.05) is 18.5 Å². The van der Waals surface area contributed by atoms with Crippen LogP contribution in [0.4, 0.5) is 0 Å². The van der Waals surface area contributed by atoms with E-state index in [1.165, 1.54) is 50.0 Å². The molecule has 0 amide bonds. The topological polar surface area (TPSA) is 60.1 Å². The molecule has 7 rings (SSSR count). The molecule has 0 aliphatic carbocycles. The summed E-state index contributed by atoms with van der Waals surface area (Å²) in [5, 5.41) is 7.24. The Balaban J connectivity index is 1.25. The van der Waals surface area contributed by atoms with Gasteiger partial charge in [0, 0.05) is 18.0 Å². The van der Waals surface area contributed by atoms with Crippen molar-refractivity contribution in [2.24, 2.45) is 0 Å². The van der Waals surface area contributed by atoms with Gasteiger partial charge in [0.15, 0.2) is 0 Å². The molecule has 0 saturated heterocycles. The third-order valence-corrected chi connectivity index (χ3v) is 7.80. The first-order valence-corrected chi connectivity index (χ1v) is 13.8. The molecule has 1 aliphatic rings. The van der Waals surface area contributed by atoms with Crippen molar-refractivity contribution in [2.45, 2.75) is 12.3 Å². The molecule has 2 atom stereocenters. The fraction of sp³-hybridized carbons (Fsp3) is 0.0556. The zero-order valence-corrected chi connectivity index (χ0v) is 22.1. The molecule has 1 aliphatic heterocycles. The third kappa shape index (κ3) is 4.71. The van der Waals surface area contributed by atoms with Crippen molar-refractivity contribution in [3.63, 3.8) is 0 Å². The minimum atomic E-state index is 0.101. The Morgan fingerprint density at radius 2 is 1.15 bits per heavy atom. The molecule has 4 heteroatoms. The van der Waals surface area contributed by atoms with Gasteiger partial charge in [-0.3, -0.25) is 4.98 Å². The molecule has 40 heavy (non-hydrogen) atoms. The fourth-order valence-electron chi connectivity index (χ4n) is 5.78. The maximum Gasteiger partial charge on any atom is 0.376 e. The van der Waals surface area contributed by atoms with Gasteiger partial charge in [-0.1, -0.05) is 91.0 Å². The Labute approximate surface area is 234 Å². The molecule has 1 aromatic heterocycles. The van der Waals surface area contributed by atoms with Crippen molar-refractivity contribution in [2.75, 3.05) is 0 Å². The zero-order chi connectivity index (χ0) is 26.7. The number of quaternary nitrogens is 2. The Bertz CT molecular complexity index is 1780. The first-order chi connectivity index (χ1) is 19.8. The summed E-state index contributed by atoms with van der Waals surface area (Å²) < 4.78 is 0. The average molecular weight is 520 g/mol. The van der Waals surface area contributed by atoms with Crippen LogP contribution in [0.2, 0.25) is 0 Å². The van der Waals surface area contributed by atoms with E-state index in [4.69, 9.17) is 0 Å². The van der Waals surface area contributed by atoms with Gasteiger partial charge >= 0.3 is 12.0 Å². The number of pyridine rings is 1. The van der Waals surface area contributed by atoms with Crippen molar-refractivity contribution < 1.29 is 15.6 Å². The molecule has 0 radical (unpaired) electrons. The predicted molar refractivity (Wildman–Crippen MR) is 160 cm³/mol. The summed E-state index contributed by atoms with van der Waals surface area (Å²) in [6, 6.07) is 47.6. The molecule has 4 nitrogen and oxygen atoms in total. The summed E-state index contributed by atoms with van der Waals surface area (Å²) in [5.74, 6) is 1.17. The van der Waals surface area contributed by atoms with Gasteiger partial charge in [-0.25, -0.2) is 10.6 Å². The molecule has 0 bridgehead atoms. The number of aromatic nitrogens is 1. The first-order valence-electron chi connectivity index (χ1n) is 13.8. The summed E-state index contributed by atoms with van der Waals surface area (Å²) in [5.41, 5.74) is 8.56. The Morgan fingerprint density at radius 3 is 1.82 bits per heavy atom. The number of nitrogen functional groups attached to an aromatic ring is 1. The first kappa shape index (κ1) is 24.2. The van der Waals surface area contributed by atoms with Gasteiger partial charge in [0.1, 0.15) is 5.56 Å². The Morgan fingerprint density at radius 1 is 0.525 bits per heavy atom. The van der Waals surface area contributed by atoms with Crippen molar-refractivity contribution in [1.29, 1.82) is 0 Å². The van der Waals surface area contributed by atoms with Crippen LogP contribution in [0.25, 0.3) is 33.0 Å². The SMILES string of the molecule is c1ccc(C2=[NH+]C(c3ccc(-c4ccc(-c5cccnc5)c5ccccc45)cc3)[NH2+]C(c3ccccc3)[NH2+]2)cc1. The molecule has 6 aromatic rings. The van der Waals surface area contributed by atoms with Crippen LogP contribution in [0.1, 0.15) is 29.0 Å². The largest absolute Gasteiger partial charge is 0.376 e. The summed E-state index contributed by atoms with van der Waals surface area (Å²) in [6.07, 6.45) is 4.08. The Kier molecular flexibility index (Phi) is 6.46. The van der Waals surface area contributed by atoms with Crippen LogP contribution in [0.3, 0.4) is 0 Å². The molecule has 2 heterocycles. The average Bonchev–Trinajstić information content (AvgIpc) is 3.05. The lowest BCUT2D eigenvalue weighted by Crippen LogP contribution is -3.22. The smallest absolute Gasteiger partial charge is 0.264 e. The van der Waals surface area contributed by atoms with Crippen LogP contribution < -0.4 is 15.6 Å². The number of nitrogens with two attached hydrogens (primary N) is 2. The normalized spacial score (nSPS) is 16.9. The van der Waals surface area contributed by atoms with Crippen molar-refractivity contribution in [3.8, 4) is 22.3 Å². The van der Waals surface area contributed by atoms with Crippen molar-refractivity contribution in [3.05, 3.63) is 163 Å². The van der Waals surface area contributed by atoms with Crippen LogP contribution in [-0.2, 0) is 0 Å². The number of hydrogen-bond acceptors (Lipinski definition) is 1. The van der Waals surface area contributed by atoms with Gasteiger partial charge in [0.05, 0.1) is 11.1 Å². The fourth-order valence-corrected chi connectivity index (χ4v) is 5.78. The number of amidine groups is 1.